The van der Waals surface area contributed by atoms with Gasteiger partial charge in [0.15, 0.2) is 0 Å². The molecule has 1 unspecified atom stereocenters. The highest BCUT2D eigenvalue weighted by atomic mass is 16.6. The topological polar surface area (TPSA) is 108 Å². The monoisotopic (exact) mass is 382 g/mol. The molecule has 3 aromatic rings. The standard InChI is InChI=1S/C19H22N6O3/c1-4-23-12-18(14(3)22-23)13(2)21-19(26)16-7-5-6-15(8-16)10-24-11-17(9-20-24)25(27)28/h5-9,11-13H,4,10H2,1-3H3,(H,21,26). The van der Waals surface area contributed by atoms with Crippen molar-refractivity contribution >= 4 is 11.6 Å². The Morgan fingerprint density at radius 3 is 2.75 bits per heavy atom. The maximum atomic E-state index is 12.7. The molecule has 0 radical (unpaired) electrons. The SMILES string of the molecule is CCn1cc(C(C)NC(=O)c2cccc(Cn3cc([N+](=O)[O-])cn3)c2)c(C)n1. The molecule has 146 valence electrons. The number of carbonyl (C=O) groups is 1. The van der Waals surface area contributed by atoms with Gasteiger partial charge in [-0.25, -0.2) is 0 Å². The van der Waals surface area contributed by atoms with E-state index in [1.807, 2.05) is 37.7 Å². The van der Waals surface area contributed by atoms with Crippen molar-refractivity contribution in [3.63, 3.8) is 0 Å². The number of benzene rings is 1. The molecule has 0 aliphatic rings. The van der Waals surface area contributed by atoms with Crippen molar-refractivity contribution < 1.29 is 9.72 Å². The van der Waals surface area contributed by atoms with Crippen molar-refractivity contribution in [3.8, 4) is 0 Å². The molecule has 0 saturated heterocycles. The number of nitrogens with zero attached hydrogens (tertiary/aromatic N) is 5. The minimum Gasteiger partial charge on any atom is -0.345 e. The van der Waals surface area contributed by atoms with Gasteiger partial charge in [0.05, 0.1) is 23.2 Å². The lowest BCUT2D eigenvalue weighted by Crippen LogP contribution is -2.27. The summed E-state index contributed by atoms with van der Waals surface area (Å²) in [5, 5.41) is 22.2. The molecule has 2 heterocycles. The number of aromatic nitrogens is 4. The molecule has 1 aromatic carbocycles. The third kappa shape index (κ3) is 4.25. The van der Waals surface area contributed by atoms with Gasteiger partial charge in [0, 0.05) is 23.9 Å². The number of nitrogens with one attached hydrogen (secondary N) is 1. The smallest absolute Gasteiger partial charge is 0.307 e. The fourth-order valence-corrected chi connectivity index (χ4v) is 3.01. The first-order valence-corrected chi connectivity index (χ1v) is 8.98. The van der Waals surface area contributed by atoms with Gasteiger partial charge in [-0.3, -0.25) is 24.3 Å². The van der Waals surface area contributed by atoms with Crippen LogP contribution in [0.4, 0.5) is 5.69 Å². The Kier molecular flexibility index (Phi) is 5.53. The van der Waals surface area contributed by atoms with Crippen LogP contribution in [-0.2, 0) is 13.1 Å². The van der Waals surface area contributed by atoms with Crippen LogP contribution in [0.2, 0.25) is 0 Å². The zero-order valence-corrected chi connectivity index (χ0v) is 16.0. The number of carbonyl (C=O) groups excluding carboxylic acids is 1. The summed E-state index contributed by atoms with van der Waals surface area (Å²) in [4.78, 5) is 22.9. The van der Waals surface area contributed by atoms with Crippen LogP contribution >= 0.6 is 0 Å². The molecule has 3 rings (SSSR count). The molecule has 0 aliphatic carbocycles. The highest BCUT2D eigenvalue weighted by Crippen LogP contribution is 2.17. The average Bonchev–Trinajstić information content (AvgIpc) is 3.28. The van der Waals surface area contributed by atoms with Gasteiger partial charge in [-0.1, -0.05) is 12.1 Å². The Bertz CT molecular complexity index is 1010. The summed E-state index contributed by atoms with van der Waals surface area (Å²) in [7, 11) is 0. The average molecular weight is 382 g/mol. The zero-order chi connectivity index (χ0) is 20.3. The summed E-state index contributed by atoms with van der Waals surface area (Å²) in [5.74, 6) is -0.190. The number of amides is 1. The van der Waals surface area contributed by atoms with Gasteiger partial charge in [0.1, 0.15) is 12.4 Å². The highest BCUT2D eigenvalue weighted by molar-refractivity contribution is 5.94. The van der Waals surface area contributed by atoms with Crippen molar-refractivity contribution in [2.75, 3.05) is 0 Å². The molecule has 9 heteroatoms. The van der Waals surface area contributed by atoms with E-state index in [1.54, 1.807) is 18.2 Å². The van der Waals surface area contributed by atoms with Gasteiger partial charge < -0.3 is 5.32 Å². The van der Waals surface area contributed by atoms with Crippen LogP contribution in [0.3, 0.4) is 0 Å². The van der Waals surface area contributed by atoms with Crippen LogP contribution in [0.25, 0.3) is 0 Å². The van der Waals surface area contributed by atoms with Gasteiger partial charge >= 0.3 is 5.69 Å². The van der Waals surface area contributed by atoms with E-state index in [-0.39, 0.29) is 17.6 Å². The van der Waals surface area contributed by atoms with Gasteiger partial charge in [-0.05, 0) is 38.5 Å². The molecule has 9 nitrogen and oxygen atoms in total. The zero-order valence-electron chi connectivity index (χ0n) is 16.0. The third-order valence-corrected chi connectivity index (χ3v) is 4.49. The van der Waals surface area contributed by atoms with Crippen molar-refractivity contribution in [3.05, 3.63) is 75.4 Å². The minimum atomic E-state index is -0.489. The molecule has 0 fully saturated rings. The second kappa shape index (κ2) is 8.03. The van der Waals surface area contributed by atoms with E-state index in [1.165, 1.54) is 17.1 Å². The normalized spacial score (nSPS) is 12.0. The van der Waals surface area contributed by atoms with Crippen molar-refractivity contribution in [2.24, 2.45) is 0 Å². The van der Waals surface area contributed by atoms with Crippen LogP contribution in [0, 0.1) is 17.0 Å². The molecular formula is C19H22N6O3. The molecule has 28 heavy (non-hydrogen) atoms. The molecule has 1 N–H and O–H groups in total. The molecule has 0 spiro atoms. The summed E-state index contributed by atoms with van der Waals surface area (Å²) in [6.45, 7) is 6.98. The number of aryl methyl sites for hydroxylation is 2. The highest BCUT2D eigenvalue weighted by Gasteiger charge is 2.16. The van der Waals surface area contributed by atoms with E-state index >= 15 is 0 Å². The van der Waals surface area contributed by atoms with Crippen LogP contribution < -0.4 is 5.32 Å². The van der Waals surface area contributed by atoms with Gasteiger partial charge in [-0.2, -0.15) is 10.2 Å². The lowest BCUT2D eigenvalue weighted by molar-refractivity contribution is -0.385. The fraction of sp³-hybridized carbons (Fsp3) is 0.316. The first kappa shape index (κ1) is 19.3. The van der Waals surface area contributed by atoms with E-state index < -0.39 is 4.92 Å². The van der Waals surface area contributed by atoms with E-state index in [4.69, 9.17) is 0 Å². The number of rotatable bonds is 7. The van der Waals surface area contributed by atoms with Crippen molar-refractivity contribution in [1.29, 1.82) is 0 Å². The number of hydrogen-bond acceptors (Lipinski definition) is 5. The Balaban J connectivity index is 1.70. The number of hydrogen-bond donors (Lipinski definition) is 1. The van der Waals surface area contributed by atoms with E-state index in [9.17, 15) is 14.9 Å². The van der Waals surface area contributed by atoms with Crippen molar-refractivity contribution in [2.45, 2.75) is 39.9 Å². The first-order chi connectivity index (χ1) is 13.4. The van der Waals surface area contributed by atoms with E-state index in [2.05, 4.69) is 15.5 Å². The van der Waals surface area contributed by atoms with Gasteiger partial charge in [-0.15, -0.1) is 0 Å². The molecule has 0 saturated carbocycles. The Hall–Kier alpha value is -3.49. The molecular weight excluding hydrogens is 360 g/mol. The second-order valence-electron chi connectivity index (χ2n) is 6.57. The maximum Gasteiger partial charge on any atom is 0.307 e. The lowest BCUT2D eigenvalue weighted by Gasteiger charge is -2.14. The van der Waals surface area contributed by atoms with Crippen LogP contribution in [0.5, 0.6) is 0 Å². The minimum absolute atomic E-state index is 0.0642. The van der Waals surface area contributed by atoms with Crippen LogP contribution in [0.15, 0.2) is 42.9 Å². The number of nitro groups is 1. The molecule has 1 atom stereocenters. The Morgan fingerprint density at radius 2 is 2.11 bits per heavy atom. The first-order valence-electron chi connectivity index (χ1n) is 8.98. The summed E-state index contributed by atoms with van der Waals surface area (Å²) >= 11 is 0. The quantitative estimate of drug-likeness (QED) is 0.499. The Labute approximate surface area is 162 Å². The van der Waals surface area contributed by atoms with Gasteiger partial charge in [0.2, 0.25) is 0 Å². The lowest BCUT2D eigenvalue weighted by atomic mass is 10.1. The fourth-order valence-electron chi connectivity index (χ4n) is 3.01. The van der Waals surface area contributed by atoms with Crippen molar-refractivity contribution in [1.82, 2.24) is 24.9 Å². The van der Waals surface area contributed by atoms with Crippen LogP contribution in [-0.4, -0.2) is 30.4 Å². The van der Waals surface area contributed by atoms with Gasteiger partial charge in [0.25, 0.3) is 5.91 Å². The molecule has 0 aliphatic heterocycles. The van der Waals surface area contributed by atoms with E-state index in [0.29, 0.717) is 12.1 Å². The predicted octanol–water partition coefficient (Wildman–Crippen LogP) is 2.86. The second-order valence-corrected chi connectivity index (χ2v) is 6.57. The summed E-state index contributed by atoms with van der Waals surface area (Å²) in [5.41, 5.74) is 3.16. The summed E-state index contributed by atoms with van der Waals surface area (Å²) < 4.78 is 3.32. The summed E-state index contributed by atoms with van der Waals surface area (Å²) in [6.07, 6.45) is 4.52. The third-order valence-electron chi connectivity index (χ3n) is 4.49. The molecule has 1 amide bonds. The maximum absolute atomic E-state index is 12.7. The predicted molar refractivity (Wildman–Crippen MR) is 103 cm³/mol. The van der Waals surface area contributed by atoms with Crippen LogP contribution in [0.1, 0.15) is 47.1 Å². The molecule has 2 aromatic heterocycles. The Morgan fingerprint density at radius 1 is 1.32 bits per heavy atom. The largest absolute Gasteiger partial charge is 0.345 e. The van der Waals surface area contributed by atoms with E-state index in [0.717, 1.165) is 23.4 Å². The molecule has 0 bridgehead atoms. The summed E-state index contributed by atoms with van der Waals surface area (Å²) in [6, 6.07) is 6.96.